The number of hydrogen-bond acceptors (Lipinski definition) is 3. The molecule has 0 unspecified atom stereocenters. The number of amides is 1. The van der Waals surface area contributed by atoms with E-state index in [2.05, 4.69) is 12.2 Å². The van der Waals surface area contributed by atoms with Gasteiger partial charge in [-0.3, -0.25) is 4.79 Å². The highest BCUT2D eigenvalue weighted by molar-refractivity contribution is 7.89. The Labute approximate surface area is 141 Å². The van der Waals surface area contributed by atoms with E-state index in [4.69, 9.17) is 0 Å². The van der Waals surface area contributed by atoms with Crippen molar-refractivity contribution >= 4 is 15.9 Å². The molecule has 0 spiro atoms. The zero-order chi connectivity index (χ0) is 17.2. The molecule has 1 saturated heterocycles. The van der Waals surface area contributed by atoms with E-state index in [0.29, 0.717) is 25.4 Å². The quantitative estimate of drug-likeness (QED) is 0.779. The summed E-state index contributed by atoms with van der Waals surface area (Å²) in [6, 6.07) is 5.02. The van der Waals surface area contributed by atoms with Crippen LogP contribution in [0.2, 0.25) is 0 Å². The summed E-state index contributed by atoms with van der Waals surface area (Å²) in [7, 11) is -3.71. The van der Waals surface area contributed by atoms with Crippen LogP contribution in [0.15, 0.2) is 41.3 Å². The minimum Gasteiger partial charge on any atom is -0.340 e. The first-order chi connectivity index (χ1) is 11.5. The lowest BCUT2D eigenvalue weighted by atomic mass is 10.0. The van der Waals surface area contributed by atoms with Crippen LogP contribution >= 0.6 is 0 Å². The minimum absolute atomic E-state index is 0.0432. The predicted octanol–water partition coefficient (Wildman–Crippen LogP) is 2.01. The third-order valence-corrected chi connectivity index (χ3v) is 6.47. The zero-order valence-electron chi connectivity index (χ0n) is 13.4. The lowest BCUT2D eigenvalue weighted by Crippen LogP contribution is -2.50. The number of benzene rings is 1. The summed E-state index contributed by atoms with van der Waals surface area (Å²) < 4.78 is 39.7. The number of piperazine rings is 1. The molecule has 0 bridgehead atoms. The van der Waals surface area contributed by atoms with Gasteiger partial charge >= 0.3 is 0 Å². The van der Waals surface area contributed by atoms with Gasteiger partial charge in [0.2, 0.25) is 15.9 Å². The summed E-state index contributed by atoms with van der Waals surface area (Å²) in [4.78, 5) is 14.0. The van der Waals surface area contributed by atoms with E-state index < -0.39 is 15.8 Å². The first-order valence-corrected chi connectivity index (χ1v) is 9.61. The van der Waals surface area contributed by atoms with Crippen molar-refractivity contribution in [3.63, 3.8) is 0 Å². The van der Waals surface area contributed by atoms with E-state index in [0.717, 1.165) is 18.9 Å². The number of carbonyl (C=O) groups is 1. The number of sulfonamides is 1. The third kappa shape index (κ3) is 3.67. The third-order valence-electron chi connectivity index (χ3n) is 4.57. The maximum atomic E-state index is 13.3. The topological polar surface area (TPSA) is 57.7 Å². The lowest BCUT2D eigenvalue weighted by molar-refractivity contribution is -0.133. The fraction of sp³-hybridized carbons (Fsp3) is 0.471. The van der Waals surface area contributed by atoms with Gasteiger partial charge < -0.3 is 4.90 Å². The number of nitrogens with zero attached hydrogens (tertiary/aromatic N) is 2. The van der Waals surface area contributed by atoms with Gasteiger partial charge in [0.05, 0.1) is 4.90 Å². The van der Waals surface area contributed by atoms with Gasteiger partial charge in [-0.25, -0.2) is 12.8 Å². The highest BCUT2D eigenvalue weighted by Crippen LogP contribution is 2.23. The lowest BCUT2D eigenvalue weighted by Gasteiger charge is -2.34. The maximum absolute atomic E-state index is 13.3. The molecule has 0 N–H and O–H groups in total. The van der Waals surface area contributed by atoms with Gasteiger partial charge in [-0.05, 0) is 37.0 Å². The molecule has 7 heteroatoms. The van der Waals surface area contributed by atoms with E-state index >= 15 is 0 Å². The molecule has 0 aromatic heterocycles. The van der Waals surface area contributed by atoms with E-state index in [1.165, 1.54) is 22.5 Å². The van der Waals surface area contributed by atoms with Gasteiger partial charge in [0, 0.05) is 32.6 Å². The molecule has 0 saturated carbocycles. The van der Waals surface area contributed by atoms with Gasteiger partial charge in [-0.1, -0.05) is 18.2 Å². The molecule has 5 nitrogen and oxygen atoms in total. The van der Waals surface area contributed by atoms with Gasteiger partial charge in [0.25, 0.3) is 0 Å². The number of halogens is 1. The average molecular weight is 352 g/mol. The second kappa shape index (κ2) is 7.03. The molecule has 0 radical (unpaired) electrons. The Morgan fingerprint density at radius 3 is 2.58 bits per heavy atom. The van der Waals surface area contributed by atoms with Crippen LogP contribution in [-0.4, -0.2) is 49.7 Å². The molecule has 1 aromatic rings. The van der Waals surface area contributed by atoms with Crippen LogP contribution in [0.25, 0.3) is 0 Å². The van der Waals surface area contributed by atoms with Crippen molar-refractivity contribution in [3.05, 3.63) is 42.2 Å². The molecule has 1 fully saturated rings. The average Bonchev–Trinajstić information content (AvgIpc) is 3.08. The Kier molecular flexibility index (Phi) is 5.01. The molecular formula is C17H21FN2O3S. The van der Waals surface area contributed by atoms with Crippen molar-refractivity contribution in [3.8, 4) is 0 Å². The van der Waals surface area contributed by atoms with E-state index in [1.807, 2.05) is 0 Å². The van der Waals surface area contributed by atoms with Crippen molar-refractivity contribution in [2.24, 2.45) is 5.92 Å². The Morgan fingerprint density at radius 1 is 1.21 bits per heavy atom. The zero-order valence-corrected chi connectivity index (χ0v) is 14.2. The Balaban J connectivity index is 1.60. The second-order valence-electron chi connectivity index (χ2n) is 6.21. The minimum atomic E-state index is -3.71. The summed E-state index contributed by atoms with van der Waals surface area (Å²) in [5.41, 5.74) is 0. The first-order valence-electron chi connectivity index (χ1n) is 8.17. The van der Waals surface area contributed by atoms with Crippen molar-refractivity contribution < 1.29 is 17.6 Å². The van der Waals surface area contributed by atoms with E-state index in [-0.39, 0.29) is 23.9 Å². The standard InChI is InChI=1S/C17H21FN2O3S/c18-15-6-3-7-16(13-15)24(22,23)20-10-8-19(9-11-20)17(21)12-14-4-1-2-5-14/h1,3-4,6-7,13-14H,2,5,8-12H2/t14-/m1/s1. The van der Waals surface area contributed by atoms with Gasteiger partial charge in [0.15, 0.2) is 0 Å². The van der Waals surface area contributed by atoms with E-state index in [9.17, 15) is 17.6 Å². The molecule has 3 rings (SSSR count). The molecule has 1 amide bonds. The summed E-state index contributed by atoms with van der Waals surface area (Å²) in [6.07, 6.45) is 6.72. The van der Waals surface area contributed by atoms with Crippen LogP contribution in [0.5, 0.6) is 0 Å². The number of carbonyl (C=O) groups excluding carboxylic acids is 1. The number of allylic oxidation sites excluding steroid dienone is 2. The summed E-state index contributed by atoms with van der Waals surface area (Å²) in [6.45, 7) is 1.24. The number of rotatable bonds is 4. The molecule has 2 aliphatic rings. The van der Waals surface area contributed by atoms with Gasteiger partial charge in [-0.15, -0.1) is 0 Å². The summed E-state index contributed by atoms with van der Waals surface area (Å²) in [5.74, 6) is -0.185. The van der Waals surface area contributed by atoms with Crippen molar-refractivity contribution in [1.82, 2.24) is 9.21 Å². The largest absolute Gasteiger partial charge is 0.340 e. The maximum Gasteiger partial charge on any atom is 0.243 e. The Bertz CT molecular complexity index is 740. The van der Waals surface area contributed by atoms with Crippen LogP contribution in [-0.2, 0) is 14.8 Å². The molecule has 1 aromatic carbocycles. The van der Waals surface area contributed by atoms with Crippen molar-refractivity contribution in [1.29, 1.82) is 0 Å². The van der Waals surface area contributed by atoms with Gasteiger partial charge in [0.1, 0.15) is 5.82 Å². The highest BCUT2D eigenvalue weighted by atomic mass is 32.2. The Hall–Kier alpha value is -1.73. The SMILES string of the molecule is O=C(C[C@@H]1C=CCC1)N1CCN(S(=O)(=O)c2cccc(F)c2)CC1. The van der Waals surface area contributed by atoms with Crippen LogP contribution in [0, 0.1) is 11.7 Å². The second-order valence-corrected chi connectivity index (χ2v) is 8.15. The molecular weight excluding hydrogens is 331 g/mol. The monoisotopic (exact) mass is 352 g/mol. The molecule has 1 atom stereocenters. The summed E-state index contributed by atoms with van der Waals surface area (Å²) >= 11 is 0. The smallest absolute Gasteiger partial charge is 0.243 e. The molecule has 1 heterocycles. The fourth-order valence-electron chi connectivity index (χ4n) is 3.17. The van der Waals surface area contributed by atoms with Crippen molar-refractivity contribution in [2.45, 2.75) is 24.2 Å². The van der Waals surface area contributed by atoms with E-state index in [1.54, 1.807) is 4.90 Å². The molecule has 130 valence electrons. The van der Waals surface area contributed by atoms with Crippen LogP contribution in [0.1, 0.15) is 19.3 Å². The molecule has 24 heavy (non-hydrogen) atoms. The van der Waals surface area contributed by atoms with Crippen LogP contribution in [0.3, 0.4) is 0 Å². The molecule has 1 aliphatic carbocycles. The fourth-order valence-corrected chi connectivity index (χ4v) is 4.63. The van der Waals surface area contributed by atoms with Crippen LogP contribution in [0.4, 0.5) is 4.39 Å². The Morgan fingerprint density at radius 2 is 1.96 bits per heavy atom. The normalized spacial score (nSPS) is 22.0. The molecule has 1 aliphatic heterocycles. The highest BCUT2D eigenvalue weighted by Gasteiger charge is 2.30. The van der Waals surface area contributed by atoms with Crippen molar-refractivity contribution in [2.75, 3.05) is 26.2 Å². The summed E-state index contributed by atoms with van der Waals surface area (Å²) in [5, 5.41) is 0. The van der Waals surface area contributed by atoms with Crippen LogP contribution < -0.4 is 0 Å². The number of hydrogen-bond donors (Lipinski definition) is 0. The predicted molar refractivity (Wildman–Crippen MR) is 88.2 cm³/mol. The first kappa shape index (κ1) is 17.1. The van der Waals surface area contributed by atoms with Gasteiger partial charge in [-0.2, -0.15) is 4.31 Å².